The molecule has 1 aliphatic heterocycles. The van der Waals surface area contributed by atoms with Crippen molar-refractivity contribution in [3.8, 4) is 11.5 Å². The van der Waals surface area contributed by atoms with Crippen LogP contribution < -0.4 is 19.9 Å². The number of urea groups is 1. The second-order valence-corrected chi connectivity index (χ2v) is 8.50. The van der Waals surface area contributed by atoms with E-state index in [9.17, 15) is 14.3 Å². The molecule has 0 atom stereocenters. The molecule has 11 heteroatoms. The van der Waals surface area contributed by atoms with E-state index < -0.39 is 17.6 Å². The third-order valence-electron chi connectivity index (χ3n) is 5.98. The number of amides is 2. The summed E-state index contributed by atoms with van der Waals surface area (Å²) in [6, 6.07) is 0.603. The fraction of sp³-hybridized carbons (Fsp3) is 0.542. The predicted octanol–water partition coefficient (Wildman–Crippen LogP) is 4.87. The van der Waals surface area contributed by atoms with Gasteiger partial charge >= 0.3 is 6.03 Å². The maximum Gasteiger partial charge on any atom is 0.330 e. The maximum absolute atomic E-state index is 15.0. The highest BCUT2D eigenvalue weighted by atomic mass is 35.5. The average molecular weight is 509 g/mol. The first-order chi connectivity index (χ1) is 16.9. The van der Waals surface area contributed by atoms with Crippen LogP contribution in [0.2, 0.25) is 5.02 Å². The Balaban J connectivity index is 1.80. The minimum absolute atomic E-state index is 0.000471. The number of anilines is 3. The number of hydrogen-bond donors (Lipinski definition) is 2. The van der Waals surface area contributed by atoms with Crippen LogP contribution in [0.25, 0.3) is 0 Å². The number of aromatic hydroxyl groups is 1. The number of benzene rings is 1. The van der Waals surface area contributed by atoms with Crippen LogP contribution in [0.15, 0.2) is 12.3 Å². The van der Waals surface area contributed by atoms with Gasteiger partial charge < -0.3 is 20.1 Å². The highest BCUT2D eigenvalue weighted by Gasteiger charge is 2.36. The molecule has 2 heterocycles. The molecule has 0 saturated carbocycles. The summed E-state index contributed by atoms with van der Waals surface area (Å²) >= 11 is 6.39. The molecule has 0 aliphatic carbocycles. The number of nitrogens with zero attached hydrogens (tertiary/aromatic N) is 5. The van der Waals surface area contributed by atoms with E-state index in [0.29, 0.717) is 23.9 Å². The van der Waals surface area contributed by atoms with Gasteiger partial charge in [-0.2, -0.15) is 4.98 Å². The van der Waals surface area contributed by atoms with Crippen molar-refractivity contribution in [3.05, 3.63) is 28.7 Å². The third-order valence-corrected chi connectivity index (χ3v) is 6.34. The number of unbranched alkanes of at least 4 members (excludes halogenated alkanes) is 1. The second-order valence-electron chi connectivity index (χ2n) is 8.12. The summed E-state index contributed by atoms with van der Waals surface area (Å²) in [5.74, 6) is -0.634. The van der Waals surface area contributed by atoms with E-state index in [0.717, 1.165) is 45.1 Å². The number of nitrogens with one attached hydrogen (secondary N) is 1. The lowest BCUT2D eigenvalue weighted by Crippen LogP contribution is -2.48. The predicted molar refractivity (Wildman–Crippen MR) is 136 cm³/mol. The van der Waals surface area contributed by atoms with Crippen molar-refractivity contribution >= 4 is 35.1 Å². The first kappa shape index (κ1) is 26.7. The molecule has 1 aliphatic rings. The number of ether oxygens (including phenoxy) is 1. The molecule has 2 amide bonds. The monoisotopic (exact) mass is 508 g/mol. The Morgan fingerprint density at radius 1 is 1.26 bits per heavy atom. The molecule has 9 nitrogen and oxygen atoms in total. The fourth-order valence-electron chi connectivity index (χ4n) is 4.05. The Kier molecular flexibility index (Phi) is 9.33. The summed E-state index contributed by atoms with van der Waals surface area (Å²) < 4.78 is 20.4. The number of carbonyl (C=O) groups is 1. The summed E-state index contributed by atoms with van der Waals surface area (Å²) in [7, 11) is 0. The Labute approximate surface area is 210 Å². The van der Waals surface area contributed by atoms with Crippen molar-refractivity contribution in [1.82, 2.24) is 14.9 Å². The summed E-state index contributed by atoms with van der Waals surface area (Å²) in [6.07, 6.45) is 3.66. The zero-order valence-electron chi connectivity index (χ0n) is 20.8. The molecule has 192 valence electrons. The standard InChI is InChI=1S/C24H34ClFN6O3/c1-5-30(6-2)12-10-9-11-27-23-28-14-16-15-32(24(34)31(7-3)22(16)29-23)21-19(25)18(35-8-4)13-17(33)20(21)26/h13-14,33H,5-12,15H2,1-4H3,(H,27,28,29). The molecule has 0 bridgehead atoms. The molecule has 0 unspecified atom stereocenters. The number of aromatic nitrogens is 2. The molecule has 0 radical (unpaired) electrons. The molecule has 3 rings (SSSR count). The van der Waals surface area contributed by atoms with E-state index in [1.54, 1.807) is 20.0 Å². The molecule has 1 aromatic heterocycles. The average Bonchev–Trinajstić information content (AvgIpc) is 2.85. The Morgan fingerprint density at radius 2 is 2.00 bits per heavy atom. The topological polar surface area (TPSA) is 94.1 Å². The van der Waals surface area contributed by atoms with E-state index in [1.807, 2.05) is 0 Å². The van der Waals surface area contributed by atoms with Gasteiger partial charge in [0.1, 0.15) is 22.3 Å². The summed E-state index contributed by atoms with van der Waals surface area (Å²) in [5, 5.41) is 13.2. The van der Waals surface area contributed by atoms with E-state index in [-0.39, 0.29) is 29.6 Å². The summed E-state index contributed by atoms with van der Waals surface area (Å²) in [5.41, 5.74) is 0.398. The van der Waals surface area contributed by atoms with Crippen LogP contribution in [0.1, 0.15) is 46.1 Å². The normalized spacial score (nSPS) is 13.4. The minimum Gasteiger partial charge on any atom is -0.505 e. The van der Waals surface area contributed by atoms with Gasteiger partial charge in [0.15, 0.2) is 11.6 Å². The van der Waals surface area contributed by atoms with E-state index >= 15 is 0 Å². The lowest BCUT2D eigenvalue weighted by Gasteiger charge is -2.36. The van der Waals surface area contributed by atoms with E-state index in [1.165, 1.54) is 9.80 Å². The largest absolute Gasteiger partial charge is 0.505 e. The van der Waals surface area contributed by atoms with Crippen LogP contribution in [0.4, 0.5) is 26.6 Å². The number of halogens is 2. The number of phenolic OH excluding ortho intramolecular Hbond substituents is 1. The summed E-state index contributed by atoms with van der Waals surface area (Å²) in [6.45, 7) is 12.3. The molecule has 0 fully saturated rings. The van der Waals surface area contributed by atoms with Gasteiger partial charge in [-0.1, -0.05) is 25.4 Å². The molecule has 35 heavy (non-hydrogen) atoms. The lowest BCUT2D eigenvalue weighted by molar-refractivity contribution is 0.250. The number of fused-ring (bicyclic) bond motifs is 1. The van der Waals surface area contributed by atoms with Gasteiger partial charge in [-0.15, -0.1) is 0 Å². The number of hydrogen-bond acceptors (Lipinski definition) is 7. The summed E-state index contributed by atoms with van der Waals surface area (Å²) in [4.78, 5) is 27.3. The Bertz CT molecular complexity index is 1040. The van der Waals surface area contributed by atoms with Crippen LogP contribution in [0, 0.1) is 5.82 Å². The van der Waals surface area contributed by atoms with Crippen molar-refractivity contribution in [3.63, 3.8) is 0 Å². The van der Waals surface area contributed by atoms with Gasteiger partial charge in [-0.25, -0.2) is 14.2 Å². The zero-order chi connectivity index (χ0) is 25.5. The van der Waals surface area contributed by atoms with Crippen molar-refractivity contribution in [2.75, 3.05) is 54.4 Å². The maximum atomic E-state index is 15.0. The molecular weight excluding hydrogens is 475 g/mol. The van der Waals surface area contributed by atoms with Gasteiger partial charge in [0.2, 0.25) is 5.95 Å². The van der Waals surface area contributed by atoms with Gasteiger partial charge in [0.25, 0.3) is 0 Å². The molecular formula is C24H34ClFN6O3. The van der Waals surface area contributed by atoms with Gasteiger partial charge in [-0.05, 0) is 46.3 Å². The van der Waals surface area contributed by atoms with Crippen LogP contribution >= 0.6 is 11.6 Å². The zero-order valence-corrected chi connectivity index (χ0v) is 21.5. The molecule has 0 spiro atoms. The molecule has 2 aromatic rings. The van der Waals surface area contributed by atoms with Gasteiger partial charge in [-0.3, -0.25) is 9.80 Å². The van der Waals surface area contributed by atoms with Crippen LogP contribution in [0.3, 0.4) is 0 Å². The number of phenols is 1. The fourth-order valence-corrected chi connectivity index (χ4v) is 4.34. The third kappa shape index (κ3) is 5.87. The smallest absolute Gasteiger partial charge is 0.330 e. The van der Waals surface area contributed by atoms with Crippen molar-refractivity contribution in [1.29, 1.82) is 0 Å². The highest BCUT2D eigenvalue weighted by molar-refractivity contribution is 6.35. The van der Waals surface area contributed by atoms with Gasteiger partial charge in [0, 0.05) is 30.9 Å². The molecule has 2 N–H and O–H groups in total. The van der Waals surface area contributed by atoms with Crippen molar-refractivity contribution in [2.24, 2.45) is 0 Å². The highest BCUT2D eigenvalue weighted by Crippen LogP contribution is 2.44. The first-order valence-corrected chi connectivity index (χ1v) is 12.5. The lowest BCUT2D eigenvalue weighted by atomic mass is 10.1. The number of carbonyl (C=O) groups excluding carboxylic acids is 1. The van der Waals surface area contributed by atoms with E-state index in [2.05, 4.69) is 34.0 Å². The minimum atomic E-state index is -0.991. The van der Waals surface area contributed by atoms with Crippen LogP contribution in [0.5, 0.6) is 11.5 Å². The Hall–Kier alpha value is -2.85. The quantitative estimate of drug-likeness (QED) is 0.395. The number of rotatable bonds is 12. The second kappa shape index (κ2) is 12.2. The molecule has 1 aromatic carbocycles. The van der Waals surface area contributed by atoms with Crippen LogP contribution in [-0.2, 0) is 6.54 Å². The SMILES string of the molecule is CCOc1cc(O)c(F)c(N2Cc3cnc(NCCCCN(CC)CC)nc3N(CC)C2=O)c1Cl. The van der Waals surface area contributed by atoms with Crippen molar-refractivity contribution in [2.45, 2.75) is 47.1 Å². The van der Waals surface area contributed by atoms with Crippen LogP contribution in [-0.4, -0.2) is 65.3 Å². The van der Waals surface area contributed by atoms with Crippen molar-refractivity contribution < 1.29 is 19.0 Å². The van der Waals surface area contributed by atoms with Gasteiger partial charge in [0.05, 0.1) is 13.2 Å². The molecule has 0 saturated heterocycles. The van der Waals surface area contributed by atoms with E-state index in [4.69, 9.17) is 16.3 Å². The first-order valence-electron chi connectivity index (χ1n) is 12.1. The Morgan fingerprint density at radius 3 is 2.66 bits per heavy atom.